The molecular weight excluding hydrogens is 289 g/mol. The zero-order chi connectivity index (χ0) is 15.7. The number of nitro benzene ring substituents is 1. The van der Waals surface area contributed by atoms with Gasteiger partial charge in [0.1, 0.15) is 5.82 Å². The minimum atomic E-state index is -0.567. The first-order valence-electron chi connectivity index (χ1n) is 6.42. The van der Waals surface area contributed by atoms with Crippen LogP contribution < -0.4 is 5.56 Å². The van der Waals surface area contributed by atoms with E-state index in [0.29, 0.717) is 11.1 Å². The highest BCUT2D eigenvalue weighted by atomic mass is 19.1. The van der Waals surface area contributed by atoms with Crippen molar-refractivity contribution in [2.75, 3.05) is 0 Å². The molecule has 0 bridgehead atoms. The van der Waals surface area contributed by atoms with E-state index in [4.69, 9.17) is 0 Å². The summed E-state index contributed by atoms with van der Waals surface area (Å²) < 4.78 is 14.5. The van der Waals surface area contributed by atoms with E-state index in [-0.39, 0.29) is 17.6 Å². The van der Waals surface area contributed by atoms with E-state index in [1.165, 1.54) is 41.2 Å². The lowest BCUT2D eigenvalue weighted by molar-refractivity contribution is -0.384. The molecule has 0 aliphatic rings. The van der Waals surface area contributed by atoms with Crippen LogP contribution in [0.15, 0.2) is 53.6 Å². The first-order valence-corrected chi connectivity index (χ1v) is 6.42. The Morgan fingerprint density at radius 3 is 2.77 bits per heavy atom. The van der Waals surface area contributed by atoms with Crippen molar-refractivity contribution in [1.29, 1.82) is 0 Å². The Kier molecular flexibility index (Phi) is 3.38. The lowest BCUT2D eigenvalue weighted by Gasteiger charge is -2.07. The minimum absolute atomic E-state index is 0.141. The van der Waals surface area contributed by atoms with Crippen LogP contribution in [-0.2, 0) is 6.54 Å². The standard InChI is InChI=1S/C15H10FN3O3/c16-11-3-1-2-10(6-11)8-18-9-17-14-5-4-12(19(21)22)7-13(14)15(18)20/h1-7,9H,8H2. The fraction of sp³-hybridized carbons (Fsp3) is 0.0667. The van der Waals surface area contributed by atoms with Crippen molar-refractivity contribution in [3.8, 4) is 0 Å². The van der Waals surface area contributed by atoms with Crippen LogP contribution in [-0.4, -0.2) is 14.5 Å². The van der Waals surface area contributed by atoms with Crippen molar-refractivity contribution in [3.63, 3.8) is 0 Å². The summed E-state index contributed by atoms with van der Waals surface area (Å²) in [5.41, 5.74) is 0.410. The van der Waals surface area contributed by atoms with Crippen molar-refractivity contribution in [3.05, 3.63) is 80.6 Å². The number of halogens is 1. The van der Waals surface area contributed by atoms with Gasteiger partial charge in [0.05, 0.1) is 28.7 Å². The molecule has 0 aliphatic heterocycles. The number of hydrogen-bond donors (Lipinski definition) is 0. The normalized spacial score (nSPS) is 10.8. The number of nitro groups is 1. The van der Waals surface area contributed by atoms with Crippen LogP contribution in [0.3, 0.4) is 0 Å². The van der Waals surface area contributed by atoms with Gasteiger partial charge >= 0.3 is 0 Å². The topological polar surface area (TPSA) is 78.0 Å². The summed E-state index contributed by atoms with van der Waals surface area (Å²) in [5, 5.41) is 11.0. The van der Waals surface area contributed by atoms with Crippen LogP contribution >= 0.6 is 0 Å². The molecule has 1 heterocycles. The summed E-state index contributed by atoms with van der Waals surface area (Å²) in [7, 11) is 0. The fourth-order valence-corrected chi connectivity index (χ4v) is 2.21. The van der Waals surface area contributed by atoms with Crippen LogP contribution in [0.4, 0.5) is 10.1 Å². The largest absolute Gasteiger partial charge is 0.294 e. The highest BCUT2D eigenvalue weighted by molar-refractivity contribution is 5.79. The molecule has 0 radical (unpaired) electrons. The Balaban J connectivity index is 2.09. The maximum absolute atomic E-state index is 13.2. The van der Waals surface area contributed by atoms with Gasteiger partial charge < -0.3 is 0 Å². The average molecular weight is 299 g/mol. The summed E-state index contributed by atoms with van der Waals surface area (Å²) in [6.45, 7) is 0.141. The van der Waals surface area contributed by atoms with Crippen molar-refractivity contribution >= 4 is 16.6 Å². The zero-order valence-corrected chi connectivity index (χ0v) is 11.3. The molecule has 22 heavy (non-hydrogen) atoms. The van der Waals surface area contributed by atoms with E-state index in [1.54, 1.807) is 12.1 Å². The van der Waals surface area contributed by atoms with Gasteiger partial charge in [0.15, 0.2) is 0 Å². The van der Waals surface area contributed by atoms with Crippen molar-refractivity contribution in [2.45, 2.75) is 6.54 Å². The number of rotatable bonds is 3. The molecule has 6 nitrogen and oxygen atoms in total. The summed E-state index contributed by atoms with van der Waals surface area (Å²) >= 11 is 0. The number of nitrogens with zero attached hydrogens (tertiary/aromatic N) is 3. The average Bonchev–Trinajstić information content (AvgIpc) is 2.50. The minimum Gasteiger partial charge on any atom is -0.294 e. The lowest BCUT2D eigenvalue weighted by atomic mass is 10.2. The van der Waals surface area contributed by atoms with Gasteiger partial charge in [-0.2, -0.15) is 0 Å². The quantitative estimate of drug-likeness (QED) is 0.550. The van der Waals surface area contributed by atoms with Crippen molar-refractivity contribution < 1.29 is 9.31 Å². The van der Waals surface area contributed by atoms with Crippen LogP contribution in [0, 0.1) is 15.9 Å². The molecule has 0 saturated heterocycles. The molecule has 0 fully saturated rings. The predicted molar refractivity (Wildman–Crippen MR) is 78.2 cm³/mol. The predicted octanol–water partition coefficient (Wildman–Crippen LogP) is 2.49. The molecule has 0 unspecified atom stereocenters. The Labute approximate surface area is 123 Å². The van der Waals surface area contributed by atoms with E-state index in [2.05, 4.69) is 4.98 Å². The second-order valence-electron chi connectivity index (χ2n) is 4.77. The highest BCUT2D eigenvalue weighted by Crippen LogP contribution is 2.16. The Hall–Kier alpha value is -3.09. The third kappa shape index (κ3) is 2.56. The number of aromatic nitrogens is 2. The zero-order valence-electron chi connectivity index (χ0n) is 11.3. The smallest absolute Gasteiger partial charge is 0.270 e. The summed E-state index contributed by atoms with van der Waals surface area (Å²) in [4.78, 5) is 26.7. The Morgan fingerprint density at radius 1 is 1.23 bits per heavy atom. The van der Waals surface area contributed by atoms with Crippen molar-refractivity contribution in [2.24, 2.45) is 0 Å². The van der Waals surface area contributed by atoms with Crippen LogP contribution in [0.25, 0.3) is 10.9 Å². The number of benzene rings is 2. The van der Waals surface area contributed by atoms with Gasteiger partial charge in [-0.1, -0.05) is 12.1 Å². The lowest BCUT2D eigenvalue weighted by Crippen LogP contribution is -2.21. The summed E-state index contributed by atoms with van der Waals surface area (Å²) in [6.07, 6.45) is 1.35. The molecule has 0 saturated carbocycles. The second kappa shape index (κ2) is 5.36. The Bertz CT molecular complexity index is 937. The van der Waals surface area contributed by atoms with Gasteiger partial charge in [0, 0.05) is 12.1 Å². The number of non-ortho nitro benzene ring substituents is 1. The van der Waals surface area contributed by atoms with Crippen molar-refractivity contribution in [1.82, 2.24) is 9.55 Å². The van der Waals surface area contributed by atoms with E-state index in [1.807, 2.05) is 0 Å². The van der Waals surface area contributed by atoms with Gasteiger partial charge in [-0.15, -0.1) is 0 Å². The maximum atomic E-state index is 13.2. The molecule has 2 aromatic carbocycles. The second-order valence-corrected chi connectivity index (χ2v) is 4.77. The number of hydrogen-bond acceptors (Lipinski definition) is 4. The van der Waals surface area contributed by atoms with Gasteiger partial charge in [-0.25, -0.2) is 9.37 Å². The molecule has 0 aliphatic carbocycles. The van der Waals surface area contributed by atoms with Gasteiger partial charge in [0.25, 0.3) is 11.2 Å². The van der Waals surface area contributed by atoms with Gasteiger partial charge in [0.2, 0.25) is 0 Å². The van der Waals surface area contributed by atoms with Gasteiger partial charge in [-0.3, -0.25) is 19.5 Å². The molecule has 0 spiro atoms. The third-order valence-corrected chi connectivity index (χ3v) is 3.26. The monoisotopic (exact) mass is 299 g/mol. The fourth-order valence-electron chi connectivity index (χ4n) is 2.21. The highest BCUT2D eigenvalue weighted by Gasteiger charge is 2.11. The molecule has 0 amide bonds. The summed E-state index contributed by atoms with van der Waals surface area (Å²) in [5.74, 6) is -0.394. The first-order chi connectivity index (χ1) is 10.5. The molecule has 0 N–H and O–H groups in total. The molecule has 3 rings (SSSR count). The molecule has 1 aromatic heterocycles. The molecule has 7 heteroatoms. The number of fused-ring (bicyclic) bond motifs is 1. The first kappa shape index (κ1) is 13.9. The summed E-state index contributed by atoms with van der Waals surface area (Å²) in [6, 6.07) is 9.81. The van der Waals surface area contributed by atoms with Crippen LogP contribution in [0.1, 0.15) is 5.56 Å². The maximum Gasteiger partial charge on any atom is 0.270 e. The molecule has 0 atom stereocenters. The molecule has 110 valence electrons. The Morgan fingerprint density at radius 2 is 2.05 bits per heavy atom. The third-order valence-electron chi connectivity index (χ3n) is 3.26. The van der Waals surface area contributed by atoms with Crippen LogP contribution in [0.2, 0.25) is 0 Å². The van der Waals surface area contributed by atoms with E-state index < -0.39 is 16.3 Å². The van der Waals surface area contributed by atoms with Gasteiger partial charge in [-0.05, 0) is 23.8 Å². The van der Waals surface area contributed by atoms with E-state index >= 15 is 0 Å². The van der Waals surface area contributed by atoms with Crippen LogP contribution in [0.5, 0.6) is 0 Å². The van der Waals surface area contributed by atoms with E-state index in [9.17, 15) is 19.3 Å². The van der Waals surface area contributed by atoms with E-state index in [0.717, 1.165) is 0 Å². The SMILES string of the molecule is O=c1c2cc([N+](=O)[O-])ccc2ncn1Cc1cccc(F)c1. The molecule has 3 aromatic rings. The molecular formula is C15H10FN3O3.